The molecule has 6 aromatic carbocycles. The van der Waals surface area contributed by atoms with E-state index in [9.17, 15) is 9.59 Å². The minimum Gasteiger partial charge on any atom is -0.322 e. The van der Waals surface area contributed by atoms with Crippen molar-refractivity contribution >= 4 is 44.7 Å². The van der Waals surface area contributed by atoms with Gasteiger partial charge in [0.25, 0.3) is 11.8 Å². The molecule has 0 spiro atoms. The number of amides is 2. The van der Waals surface area contributed by atoms with Gasteiger partial charge < -0.3 is 10.6 Å². The highest BCUT2D eigenvalue weighted by Crippen LogP contribution is 2.22. The summed E-state index contributed by atoms with van der Waals surface area (Å²) < 4.78 is 0. The van der Waals surface area contributed by atoms with Crippen LogP contribution in [0.4, 0.5) is 11.4 Å². The van der Waals surface area contributed by atoms with Crippen molar-refractivity contribution in [3.8, 4) is 0 Å². The molecule has 6 rings (SSSR count). The smallest absolute Gasteiger partial charge is 0.256 e. The van der Waals surface area contributed by atoms with E-state index in [2.05, 4.69) is 10.6 Å². The maximum Gasteiger partial charge on any atom is 0.256 e. The highest BCUT2D eigenvalue weighted by atomic mass is 16.2. The zero-order chi connectivity index (χ0) is 26.6. The van der Waals surface area contributed by atoms with Gasteiger partial charge in [0.05, 0.1) is 0 Å². The van der Waals surface area contributed by atoms with Crippen molar-refractivity contribution in [2.24, 2.45) is 0 Å². The highest BCUT2D eigenvalue weighted by molar-refractivity contribution is 6.13. The van der Waals surface area contributed by atoms with Crippen LogP contribution >= 0.6 is 0 Å². The monoisotopic (exact) mass is 506 g/mol. The molecule has 0 aliphatic heterocycles. The van der Waals surface area contributed by atoms with Crippen molar-refractivity contribution in [1.82, 2.24) is 0 Å². The molecule has 0 aliphatic carbocycles. The molecule has 0 fully saturated rings. The average molecular weight is 507 g/mol. The number of nitrogens with one attached hydrogen (secondary N) is 2. The van der Waals surface area contributed by atoms with Crippen LogP contribution in [0.2, 0.25) is 0 Å². The maximum absolute atomic E-state index is 12.9. The van der Waals surface area contributed by atoms with Gasteiger partial charge in [0.15, 0.2) is 0 Å². The molecule has 0 unspecified atom stereocenters. The minimum atomic E-state index is -0.124. The number of rotatable bonds is 6. The van der Waals surface area contributed by atoms with E-state index in [-0.39, 0.29) is 11.8 Å². The van der Waals surface area contributed by atoms with E-state index in [0.29, 0.717) is 11.1 Å². The first-order valence-corrected chi connectivity index (χ1v) is 12.9. The molecule has 0 saturated heterocycles. The number of carbonyl (C=O) groups excluding carboxylic acids is 2. The predicted molar refractivity (Wildman–Crippen MR) is 159 cm³/mol. The van der Waals surface area contributed by atoms with Crippen LogP contribution in [0.5, 0.6) is 0 Å². The van der Waals surface area contributed by atoms with Gasteiger partial charge in [-0.1, -0.05) is 97.1 Å². The lowest BCUT2D eigenvalue weighted by Crippen LogP contribution is -2.12. The molecule has 39 heavy (non-hydrogen) atoms. The fraction of sp³-hybridized carbons (Fsp3) is 0.0286. The fourth-order valence-electron chi connectivity index (χ4n) is 4.89. The largest absolute Gasteiger partial charge is 0.322 e. The summed E-state index contributed by atoms with van der Waals surface area (Å²) in [4.78, 5) is 25.9. The molecule has 4 nitrogen and oxygen atoms in total. The Hall–Kier alpha value is -5.22. The van der Waals surface area contributed by atoms with E-state index in [4.69, 9.17) is 0 Å². The second-order valence-electron chi connectivity index (χ2n) is 9.53. The molecule has 0 aromatic heterocycles. The summed E-state index contributed by atoms with van der Waals surface area (Å²) in [5.41, 5.74) is 5.08. The summed E-state index contributed by atoms with van der Waals surface area (Å²) >= 11 is 0. The lowest BCUT2D eigenvalue weighted by Gasteiger charge is -2.10. The van der Waals surface area contributed by atoms with Gasteiger partial charge in [-0.3, -0.25) is 9.59 Å². The Morgan fingerprint density at radius 1 is 0.436 bits per heavy atom. The first kappa shape index (κ1) is 24.1. The fourth-order valence-corrected chi connectivity index (χ4v) is 4.89. The van der Waals surface area contributed by atoms with Gasteiger partial charge in [0.1, 0.15) is 0 Å². The summed E-state index contributed by atoms with van der Waals surface area (Å²) in [7, 11) is 0. The van der Waals surface area contributed by atoms with E-state index < -0.39 is 0 Å². The minimum absolute atomic E-state index is 0.124. The molecule has 2 amide bonds. The van der Waals surface area contributed by atoms with Crippen molar-refractivity contribution in [3.63, 3.8) is 0 Å². The van der Waals surface area contributed by atoms with Gasteiger partial charge >= 0.3 is 0 Å². The van der Waals surface area contributed by atoms with Gasteiger partial charge in [-0.15, -0.1) is 0 Å². The van der Waals surface area contributed by atoms with E-state index in [1.807, 2.05) is 133 Å². The first-order chi connectivity index (χ1) is 19.1. The average Bonchev–Trinajstić information content (AvgIpc) is 2.98. The van der Waals surface area contributed by atoms with E-state index in [1.54, 1.807) is 0 Å². The predicted octanol–water partition coefficient (Wildman–Crippen LogP) is 8.09. The van der Waals surface area contributed by atoms with Crippen LogP contribution in [0, 0.1) is 0 Å². The van der Waals surface area contributed by atoms with Gasteiger partial charge in [-0.25, -0.2) is 0 Å². The lowest BCUT2D eigenvalue weighted by atomic mass is 10.0. The Morgan fingerprint density at radius 2 is 0.821 bits per heavy atom. The lowest BCUT2D eigenvalue weighted by molar-refractivity contribution is 0.102. The van der Waals surface area contributed by atoms with Crippen LogP contribution in [0.25, 0.3) is 21.5 Å². The van der Waals surface area contributed by atoms with Gasteiger partial charge in [-0.05, 0) is 75.5 Å². The third kappa shape index (κ3) is 5.27. The zero-order valence-corrected chi connectivity index (χ0v) is 21.2. The number of carbonyl (C=O) groups is 2. The summed E-state index contributed by atoms with van der Waals surface area (Å²) in [6, 6.07) is 43.1. The molecule has 0 bridgehead atoms. The Bertz CT molecular complexity index is 1660. The topological polar surface area (TPSA) is 58.2 Å². The number of hydrogen-bond donors (Lipinski definition) is 2. The molecule has 0 heterocycles. The van der Waals surface area contributed by atoms with Crippen LogP contribution in [-0.2, 0) is 6.42 Å². The zero-order valence-electron chi connectivity index (χ0n) is 21.2. The third-order valence-electron chi connectivity index (χ3n) is 6.90. The quantitative estimate of drug-likeness (QED) is 0.240. The Labute approximate surface area is 226 Å². The van der Waals surface area contributed by atoms with Crippen LogP contribution in [0.1, 0.15) is 31.8 Å². The van der Waals surface area contributed by atoms with E-state index in [1.165, 1.54) is 0 Å². The normalized spacial score (nSPS) is 10.9. The molecule has 0 aliphatic rings. The second kappa shape index (κ2) is 10.6. The molecule has 2 N–H and O–H groups in total. The standard InChI is InChI=1S/C35H26N2O2/c38-34(32-13-5-9-26-7-1-3-11-30(26)32)36-28-19-15-24(16-20-28)23-25-17-21-29(22-18-25)37-35(39)33-14-6-10-27-8-2-4-12-31(27)33/h1-22H,23H2,(H,36,38)(H,37,39). The molecule has 0 saturated carbocycles. The van der Waals surface area contributed by atoms with Crippen LogP contribution in [-0.4, -0.2) is 11.8 Å². The molecule has 0 atom stereocenters. The molecule has 6 aromatic rings. The Balaban J connectivity index is 1.09. The number of anilines is 2. The van der Waals surface area contributed by atoms with Crippen LogP contribution in [0.3, 0.4) is 0 Å². The first-order valence-electron chi connectivity index (χ1n) is 12.9. The summed E-state index contributed by atoms with van der Waals surface area (Å²) in [5.74, 6) is -0.249. The molecule has 0 radical (unpaired) electrons. The van der Waals surface area contributed by atoms with Gasteiger partial charge in [-0.2, -0.15) is 0 Å². The maximum atomic E-state index is 12.9. The summed E-state index contributed by atoms with van der Waals surface area (Å²) in [5, 5.41) is 9.98. The van der Waals surface area contributed by atoms with Gasteiger partial charge in [0, 0.05) is 22.5 Å². The van der Waals surface area contributed by atoms with E-state index in [0.717, 1.165) is 50.5 Å². The van der Waals surface area contributed by atoms with Crippen LogP contribution < -0.4 is 10.6 Å². The molecule has 188 valence electrons. The summed E-state index contributed by atoms with van der Waals surface area (Å²) in [6.07, 6.45) is 0.745. The second-order valence-corrected chi connectivity index (χ2v) is 9.53. The third-order valence-corrected chi connectivity index (χ3v) is 6.90. The van der Waals surface area contributed by atoms with E-state index >= 15 is 0 Å². The number of fused-ring (bicyclic) bond motifs is 2. The van der Waals surface area contributed by atoms with Crippen molar-refractivity contribution in [2.45, 2.75) is 6.42 Å². The number of benzene rings is 6. The molecule has 4 heteroatoms. The van der Waals surface area contributed by atoms with Crippen LogP contribution in [0.15, 0.2) is 133 Å². The van der Waals surface area contributed by atoms with Crippen molar-refractivity contribution in [2.75, 3.05) is 10.6 Å². The molecular formula is C35H26N2O2. The Morgan fingerprint density at radius 3 is 1.26 bits per heavy atom. The summed E-state index contributed by atoms with van der Waals surface area (Å²) in [6.45, 7) is 0. The van der Waals surface area contributed by atoms with Crippen molar-refractivity contribution < 1.29 is 9.59 Å². The highest BCUT2D eigenvalue weighted by Gasteiger charge is 2.11. The van der Waals surface area contributed by atoms with Gasteiger partial charge in [0.2, 0.25) is 0 Å². The van der Waals surface area contributed by atoms with Crippen molar-refractivity contribution in [1.29, 1.82) is 0 Å². The Kier molecular flexibility index (Phi) is 6.59. The number of hydrogen-bond acceptors (Lipinski definition) is 2. The SMILES string of the molecule is O=C(Nc1ccc(Cc2ccc(NC(=O)c3cccc4ccccc34)cc2)cc1)c1cccc2ccccc12. The molecular weight excluding hydrogens is 480 g/mol. The van der Waals surface area contributed by atoms with Crippen molar-refractivity contribution in [3.05, 3.63) is 156 Å².